The Morgan fingerprint density at radius 3 is 2.56 bits per heavy atom. The molecular formula is C32H39FN2O5S. The van der Waals surface area contributed by atoms with Crippen LogP contribution >= 0.6 is 0 Å². The lowest BCUT2D eigenvalue weighted by Crippen LogP contribution is -2.30. The van der Waals surface area contributed by atoms with E-state index >= 15 is 0 Å². The summed E-state index contributed by atoms with van der Waals surface area (Å²) in [5.41, 5.74) is 3.62. The van der Waals surface area contributed by atoms with E-state index in [0.717, 1.165) is 49.3 Å². The van der Waals surface area contributed by atoms with Gasteiger partial charge in [-0.05, 0) is 78.0 Å². The second-order valence-corrected chi connectivity index (χ2v) is 12.9. The van der Waals surface area contributed by atoms with Crippen molar-refractivity contribution in [2.45, 2.75) is 38.1 Å². The third kappa shape index (κ3) is 9.38. The van der Waals surface area contributed by atoms with Gasteiger partial charge in [-0.3, -0.25) is 9.69 Å². The molecule has 0 aromatic heterocycles. The van der Waals surface area contributed by atoms with E-state index in [0.29, 0.717) is 43.5 Å². The van der Waals surface area contributed by atoms with Crippen LogP contribution in [0.15, 0.2) is 71.6 Å². The van der Waals surface area contributed by atoms with Crippen molar-refractivity contribution in [2.24, 2.45) is 5.92 Å². The van der Waals surface area contributed by atoms with Crippen molar-refractivity contribution in [1.29, 1.82) is 0 Å². The van der Waals surface area contributed by atoms with Gasteiger partial charge in [-0.2, -0.15) is 0 Å². The monoisotopic (exact) mass is 582 g/mol. The Hall–Kier alpha value is -3.27. The van der Waals surface area contributed by atoms with Crippen LogP contribution in [0.25, 0.3) is 0 Å². The lowest BCUT2D eigenvalue weighted by atomic mass is 9.99. The molecular weight excluding hydrogens is 543 g/mol. The second-order valence-electron chi connectivity index (χ2n) is 10.8. The molecule has 9 heteroatoms. The minimum atomic E-state index is -3.66. The van der Waals surface area contributed by atoms with Gasteiger partial charge in [0.1, 0.15) is 18.2 Å². The summed E-state index contributed by atoms with van der Waals surface area (Å²) in [6.07, 6.45) is 1.70. The molecule has 2 bridgehead atoms. The first-order chi connectivity index (χ1) is 19.7. The van der Waals surface area contributed by atoms with E-state index in [4.69, 9.17) is 9.47 Å². The summed E-state index contributed by atoms with van der Waals surface area (Å²) in [5, 5.41) is 2.70. The summed E-state index contributed by atoms with van der Waals surface area (Å²) in [6.45, 7) is 8.60. The number of rotatable bonds is 8. The van der Waals surface area contributed by atoms with Gasteiger partial charge in [-0.25, -0.2) is 12.8 Å². The number of amides is 1. The van der Waals surface area contributed by atoms with E-state index in [1.54, 1.807) is 18.2 Å². The molecule has 0 saturated heterocycles. The smallest absolute Gasteiger partial charge is 0.251 e. The number of nitrogens with zero attached hydrogens (tertiary/aromatic N) is 1. The van der Waals surface area contributed by atoms with E-state index in [1.165, 1.54) is 17.7 Å². The van der Waals surface area contributed by atoms with Crippen LogP contribution in [0.2, 0.25) is 0 Å². The first kappa shape index (κ1) is 30.7. The number of nitrogens with one attached hydrogen (secondary N) is 1. The molecule has 0 atom stereocenters. The van der Waals surface area contributed by atoms with Crippen molar-refractivity contribution in [1.82, 2.24) is 10.2 Å². The Kier molecular flexibility index (Phi) is 10.9. The van der Waals surface area contributed by atoms with E-state index in [1.807, 2.05) is 0 Å². The minimum absolute atomic E-state index is 0.0193. The number of fused-ring (bicyclic) bond motifs is 3. The van der Waals surface area contributed by atoms with Crippen LogP contribution < -0.4 is 10.1 Å². The van der Waals surface area contributed by atoms with Gasteiger partial charge in [0, 0.05) is 31.6 Å². The molecule has 4 rings (SSSR count). The van der Waals surface area contributed by atoms with Crippen LogP contribution in [0.5, 0.6) is 5.75 Å². The molecule has 1 heterocycles. The van der Waals surface area contributed by atoms with Gasteiger partial charge in [0.25, 0.3) is 5.91 Å². The first-order valence-electron chi connectivity index (χ1n) is 14.1. The molecule has 1 aliphatic heterocycles. The van der Waals surface area contributed by atoms with Crippen molar-refractivity contribution in [3.8, 4) is 5.75 Å². The number of sulfone groups is 1. The number of carbonyl (C=O) groups is 1. The third-order valence-electron chi connectivity index (χ3n) is 7.00. The molecule has 0 saturated carbocycles. The highest BCUT2D eigenvalue weighted by atomic mass is 32.2. The molecule has 1 N–H and O–H groups in total. The Morgan fingerprint density at radius 2 is 1.78 bits per heavy atom. The minimum Gasteiger partial charge on any atom is -0.491 e. The maximum atomic E-state index is 13.2. The quantitative estimate of drug-likeness (QED) is 0.382. The highest BCUT2D eigenvalue weighted by Crippen LogP contribution is 2.25. The zero-order valence-corrected chi connectivity index (χ0v) is 24.6. The van der Waals surface area contributed by atoms with Gasteiger partial charge in [-0.15, -0.1) is 0 Å². The second kappa shape index (κ2) is 14.6. The predicted octanol–water partition coefficient (Wildman–Crippen LogP) is 4.88. The maximum absolute atomic E-state index is 13.2. The van der Waals surface area contributed by atoms with Crippen LogP contribution in [0.1, 0.15) is 47.3 Å². The summed E-state index contributed by atoms with van der Waals surface area (Å²) in [6, 6.07) is 18.4. The fraction of sp³-hybridized carbons (Fsp3) is 0.406. The molecule has 41 heavy (non-hydrogen) atoms. The number of hydrogen-bond donors (Lipinski definition) is 1. The molecule has 3 aromatic rings. The fourth-order valence-electron chi connectivity index (χ4n) is 4.69. The summed E-state index contributed by atoms with van der Waals surface area (Å²) in [5.74, 6) is 0.140. The molecule has 3 aromatic carbocycles. The standard InChI is InChI=1S/C32H39FN2O5S/c1-24(2)12-14-35-15-16-39-17-18-40-31-11-6-27(22-28(31)21-25-4-3-5-26(20-25)23-35)32(36)34-13-19-41(37,38)30-9-7-29(33)8-10-30/h3-11,20,22,24H,12-19,21,23H2,1-2H3,(H,34,36). The number of benzene rings is 3. The summed E-state index contributed by atoms with van der Waals surface area (Å²) in [7, 11) is -3.66. The Balaban J connectivity index is 1.47. The van der Waals surface area contributed by atoms with Crippen LogP contribution in [-0.2, 0) is 27.5 Å². The molecule has 0 aliphatic carbocycles. The number of ether oxygens (including phenoxy) is 2. The molecule has 0 radical (unpaired) electrons. The average Bonchev–Trinajstić information content (AvgIpc) is 2.94. The number of halogens is 1. The number of carbonyl (C=O) groups excluding carboxylic acids is 1. The van der Waals surface area contributed by atoms with Crippen molar-refractivity contribution in [3.63, 3.8) is 0 Å². The largest absolute Gasteiger partial charge is 0.491 e. The lowest BCUT2D eigenvalue weighted by Gasteiger charge is -2.24. The molecule has 1 amide bonds. The van der Waals surface area contributed by atoms with E-state index < -0.39 is 15.7 Å². The molecule has 0 fully saturated rings. The van der Waals surface area contributed by atoms with Crippen molar-refractivity contribution in [2.75, 3.05) is 45.2 Å². The van der Waals surface area contributed by atoms with Gasteiger partial charge in [0.2, 0.25) is 0 Å². The Labute approximate surface area is 242 Å². The van der Waals surface area contributed by atoms with Crippen LogP contribution in [-0.4, -0.2) is 64.4 Å². The van der Waals surface area contributed by atoms with Crippen molar-refractivity contribution < 1.29 is 27.1 Å². The SMILES string of the molecule is CC(C)CCN1CCOCCOc2ccc(C(=O)NCCS(=O)(=O)c3ccc(F)cc3)cc2Cc2cccc(c2)C1. The van der Waals surface area contributed by atoms with Crippen LogP contribution in [0.4, 0.5) is 4.39 Å². The highest BCUT2D eigenvalue weighted by molar-refractivity contribution is 7.91. The third-order valence-corrected chi connectivity index (χ3v) is 8.74. The normalized spacial score (nSPS) is 15.0. The zero-order chi connectivity index (χ0) is 29.2. The van der Waals surface area contributed by atoms with Crippen molar-refractivity contribution in [3.05, 3.63) is 94.8 Å². The Bertz CT molecular complexity index is 1410. The van der Waals surface area contributed by atoms with Gasteiger partial charge in [-0.1, -0.05) is 38.1 Å². The fourth-order valence-corrected chi connectivity index (χ4v) is 5.85. The topological polar surface area (TPSA) is 84.9 Å². The summed E-state index contributed by atoms with van der Waals surface area (Å²) >= 11 is 0. The Morgan fingerprint density at radius 1 is 1.00 bits per heavy atom. The lowest BCUT2D eigenvalue weighted by molar-refractivity contribution is 0.0764. The van der Waals surface area contributed by atoms with E-state index in [9.17, 15) is 17.6 Å². The molecule has 0 unspecified atom stereocenters. The molecule has 1 aliphatic rings. The van der Waals surface area contributed by atoms with Gasteiger partial charge in [0.15, 0.2) is 9.84 Å². The average molecular weight is 583 g/mol. The van der Waals surface area contributed by atoms with Gasteiger partial charge >= 0.3 is 0 Å². The van der Waals surface area contributed by atoms with Gasteiger partial charge < -0.3 is 14.8 Å². The van der Waals surface area contributed by atoms with Crippen LogP contribution in [0, 0.1) is 11.7 Å². The molecule has 7 nitrogen and oxygen atoms in total. The van der Waals surface area contributed by atoms with Crippen molar-refractivity contribution >= 4 is 15.7 Å². The molecule has 0 spiro atoms. The number of hydrogen-bond acceptors (Lipinski definition) is 6. The first-order valence-corrected chi connectivity index (χ1v) is 15.7. The van der Waals surface area contributed by atoms with Gasteiger partial charge in [0.05, 0.1) is 23.9 Å². The highest BCUT2D eigenvalue weighted by Gasteiger charge is 2.17. The van der Waals surface area contributed by atoms with Crippen LogP contribution in [0.3, 0.4) is 0 Å². The molecule has 220 valence electrons. The predicted molar refractivity (Wildman–Crippen MR) is 158 cm³/mol. The maximum Gasteiger partial charge on any atom is 0.251 e. The summed E-state index contributed by atoms with van der Waals surface area (Å²) < 4.78 is 50.2. The van der Waals surface area contributed by atoms with E-state index in [-0.39, 0.29) is 23.1 Å². The van der Waals surface area contributed by atoms with E-state index in [2.05, 4.69) is 48.3 Å². The zero-order valence-electron chi connectivity index (χ0n) is 23.8. The summed E-state index contributed by atoms with van der Waals surface area (Å²) in [4.78, 5) is 15.4.